The van der Waals surface area contributed by atoms with Crippen molar-refractivity contribution in [3.63, 3.8) is 0 Å². The zero-order valence-electron chi connectivity index (χ0n) is 17.0. The van der Waals surface area contributed by atoms with E-state index in [0.29, 0.717) is 11.3 Å². The Balaban J connectivity index is 1.85. The topological polar surface area (TPSA) is 83.9 Å². The van der Waals surface area contributed by atoms with Gasteiger partial charge in [-0.3, -0.25) is 4.79 Å². The number of thiophene rings is 1. The van der Waals surface area contributed by atoms with Crippen LogP contribution in [0.2, 0.25) is 0 Å². The van der Waals surface area contributed by atoms with Crippen molar-refractivity contribution in [1.82, 2.24) is 4.90 Å². The molecule has 31 heavy (non-hydrogen) atoms. The second-order valence-electron chi connectivity index (χ2n) is 7.22. The summed E-state index contributed by atoms with van der Waals surface area (Å²) in [5.74, 6) is -0.841. The van der Waals surface area contributed by atoms with Crippen LogP contribution in [0.4, 0.5) is 0 Å². The van der Waals surface area contributed by atoms with Crippen LogP contribution in [0.5, 0.6) is 5.75 Å². The van der Waals surface area contributed by atoms with Gasteiger partial charge in [-0.15, -0.1) is 11.3 Å². The van der Waals surface area contributed by atoms with Crippen LogP contribution < -0.4 is 4.74 Å². The molecule has 0 radical (unpaired) electrons. The van der Waals surface area contributed by atoms with Crippen LogP contribution in [-0.4, -0.2) is 31.4 Å². The van der Waals surface area contributed by atoms with Crippen LogP contribution in [0.15, 0.2) is 81.6 Å². The summed E-state index contributed by atoms with van der Waals surface area (Å²) >= 11 is 1.46. The third-order valence-electron chi connectivity index (χ3n) is 5.22. The number of hydrogen-bond donors (Lipinski definition) is 1. The summed E-state index contributed by atoms with van der Waals surface area (Å²) in [7, 11) is -2.59. The van der Waals surface area contributed by atoms with Gasteiger partial charge in [-0.05, 0) is 48.2 Å². The Morgan fingerprint density at radius 3 is 2.32 bits per heavy atom. The molecule has 0 spiro atoms. The van der Waals surface area contributed by atoms with Crippen molar-refractivity contribution in [3.8, 4) is 5.75 Å². The summed E-state index contributed by atoms with van der Waals surface area (Å²) < 4.78 is 32.3. The van der Waals surface area contributed by atoms with Crippen molar-refractivity contribution in [2.45, 2.75) is 24.4 Å². The Hall–Kier alpha value is -3.10. The number of aliphatic hydroxyl groups excluding tert-OH is 1. The number of nitrogens with zero attached hydrogens (tertiary/aromatic N) is 1. The van der Waals surface area contributed by atoms with Crippen LogP contribution >= 0.6 is 11.3 Å². The van der Waals surface area contributed by atoms with Gasteiger partial charge in [0.05, 0.1) is 24.6 Å². The number of sulfone groups is 1. The Morgan fingerprint density at radius 1 is 1.06 bits per heavy atom. The molecule has 1 aliphatic rings. The molecule has 0 fully saturated rings. The van der Waals surface area contributed by atoms with Crippen molar-refractivity contribution in [2.24, 2.45) is 0 Å². The molecule has 1 N–H and O–H groups in total. The SMILES string of the molecule is COc1ccc([C@H]2C(S(=O)(=O)c3ccc(C)cc3)=C(O)C(=O)N2Cc2cccs2)cc1. The number of amides is 1. The molecule has 2 heterocycles. The summed E-state index contributed by atoms with van der Waals surface area (Å²) in [6.45, 7) is 2.04. The van der Waals surface area contributed by atoms with Crippen LogP contribution in [0, 0.1) is 6.92 Å². The molecule has 0 saturated carbocycles. The molecular formula is C23H21NO5S2. The number of methoxy groups -OCH3 is 1. The van der Waals surface area contributed by atoms with Crippen molar-refractivity contribution < 1.29 is 23.1 Å². The van der Waals surface area contributed by atoms with E-state index in [9.17, 15) is 18.3 Å². The van der Waals surface area contributed by atoms with E-state index >= 15 is 0 Å². The van der Waals surface area contributed by atoms with Crippen molar-refractivity contribution in [3.05, 3.63) is 92.7 Å². The van der Waals surface area contributed by atoms with E-state index in [1.165, 1.54) is 35.5 Å². The number of hydrogen-bond acceptors (Lipinski definition) is 6. The molecule has 1 aromatic heterocycles. The second-order valence-corrected chi connectivity index (χ2v) is 10.2. The summed E-state index contributed by atoms with van der Waals surface area (Å²) in [6, 6.07) is 16.0. The lowest BCUT2D eigenvalue weighted by Gasteiger charge is -2.26. The molecule has 8 heteroatoms. The number of ether oxygens (including phenoxy) is 1. The molecule has 1 aliphatic heterocycles. The average Bonchev–Trinajstić information content (AvgIpc) is 3.37. The third kappa shape index (κ3) is 3.84. The highest BCUT2D eigenvalue weighted by Gasteiger charge is 2.46. The monoisotopic (exact) mass is 455 g/mol. The first-order valence-corrected chi connectivity index (χ1v) is 11.9. The van der Waals surface area contributed by atoms with Gasteiger partial charge in [-0.1, -0.05) is 35.9 Å². The summed E-state index contributed by atoms with van der Waals surface area (Å²) in [4.78, 5) is 15.0. The van der Waals surface area contributed by atoms with E-state index in [-0.39, 0.29) is 16.3 Å². The number of aryl methyl sites for hydroxylation is 1. The highest BCUT2D eigenvalue weighted by molar-refractivity contribution is 7.95. The second kappa shape index (κ2) is 8.20. The molecule has 0 bridgehead atoms. The van der Waals surface area contributed by atoms with Crippen LogP contribution in [0.25, 0.3) is 0 Å². The number of carbonyl (C=O) groups is 1. The van der Waals surface area contributed by atoms with E-state index in [1.807, 2.05) is 24.4 Å². The van der Waals surface area contributed by atoms with Crippen LogP contribution in [0.3, 0.4) is 0 Å². The zero-order valence-corrected chi connectivity index (χ0v) is 18.6. The summed E-state index contributed by atoms with van der Waals surface area (Å²) in [5, 5.41) is 12.6. The van der Waals surface area contributed by atoms with E-state index in [4.69, 9.17) is 4.74 Å². The van der Waals surface area contributed by atoms with E-state index in [0.717, 1.165) is 10.4 Å². The summed E-state index contributed by atoms with van der Waals surface area (Å²) in [5.41, 5.74) is 1.48. The molecule has 3 aromatic rings. The fourth-order valence-electron chi connectivity index (χ4n) is 3.60. The lowest BCUT2D eigenvalue weighted by atomic mass is 10.1. The molecule has 1 atom stereocenters. The predicted octanol–water partition coefficient (Wildman–Crippen LogP) is 4.39. The maximum atomic E-state index is 13.5. The molecule has 6 nitrogen and oxygen atoms in total. The van der Waals surface area contributed by atoms with E-state index in [2.05, 4.69) is 0 Å². The van der Waals surface area contributed by atoms with Gasteiger partial charge in [-0.25, -0.2) is 8.42 Å². The molecular weight excluding hydrogens is 434 g/mol. The van der Waals surface area contributed by atoms with Crippen molar-refractivity contribution in [2.75, 3.05) is 7.11 Å². The van der Waals surface area contributed by atoms with Crippen LogP contribution in [-0.2, 0) is 21.2 Å². The zero-order chi connectivity index (χ0) is 22.2. The first kappa shape index (κ1) is 21.1. The lowest BCUT2D eigenvalue weighted by molar-refractivity contribution is -0.130. The first-order valence-electron chi connectivity index (χ1n) is 9.55. The fraction of sp³-hybridized carbons (Fsp3) is 0.174. The lowest BCUT2D eigenvalue weighted by Crippen LogP contribution is -2.30. The Bertz CT molecular complexity index is 1230. The molecule has 0 saturated heterocycles. The van der Waals surface area contributed by atoms with Gasteiger partial charge >= 0.3 is 0 Å². The van der Waals surface area contributed by atoms with Gasteiger partial charge in [0.25, 0.3) is 5.91 Å². The fourth-order valence-corrected chi connectivity index (χ4v) is 5.95. The molecule has 2 aromatic carbocycles. The molecule has 0 aliphatic carbocycles. The highest BCUT2D eigenvalue weighted by Crippen LogP contribution is 2.43. The van der Waals surface area contributed by atoms with Gasteiger partial charge in [-0.2, -0.15) is 0 Å². The standard InChI is InChI=1S/C23H21NO5S2/c1-15-5-11-19(12-6-15)31(27,28)22-20(16-7-9-17(29-2)10-8-16)24(23(26)21(22)25)14-18-4-3-13-30-18/h3-13,20,25H,14H2,1-2H3/t20-/m0/s1. The Morgan fingerprint density at radius 2 is 1.74 bits per heavy atom. The molecule has 4 rings (SSSR count). The molecule has 1 amide bonds. The minimum Gasteiger partial charge on any atom is -0.502 e. The minimum absolute atomic E-state index is 0.0314. The highest BCUT2D eigenvalue weighted by atomic mass is 32.2. The quantitative estimate of drug-likeness (QED) is 0.596. The number of benzene rings is 2. The normalized spacial score (nSPS) is 16.8. The first-order chi connectivity index (χ1) is 14.8. The number of carbonyl (C=O) groups excluding carboxylic acids is 1. The van der Waals surface area contributed by atoms with E-state index in [1.54, 1.807) is 36.4 Å². The van der Waals surface area contributed by atoms with Crippen molar-refractivity contribution in [1.29, 1.82) is 0 Å². The van der Waals surface area contributed by atoms with Crippen LogP contribution in [0.1, 0.15) is 22.0 Å². The number of aliphatic hydroxyl groups is 1. The van der Waals surface area contributed by atoms with Gasteiger partial charge in [0, 0.05) is 4.88 Å². The van der Waals surface area contributed by atoms with Gasteiger partial charge in [0.2, 0.25) is 9.84 Å². The summed E-state index contributed by atoms with van der Waals surface area (Å²) in [6.07, 6.45) is 0. The maximum absolute atomic E-state index is 13.5. The van der Waals surface area contributed by atoms with E-state index < -0.39 is 27.5 Å². The number of rotatable bonds is 6. The van der Waals surface area contributed by atoms with Gasteiger partial charge in [0.15, 0.2) is 5.76 Å². The van der Waals surface area contributed by atoms with Gasteiger partial charge < -0.3 is 14.7 Å². The Kier molecular flexibility index (Phi) is 5.60. The minimum atomic E-state index is -4.12. The Labute approximate surface area is 184 Å². The molecule has 160 valence electrons. The largest absolute Gasteiger partial charge is 0.502 e. The third-order valence-corrected chi connectivity index (χ3v) is 7.97. The van der Waals surface area contributed by atoms with Gasteiger partial charge in [0.1, 0.15) is 10.7 Å². The average molecular weight is 456 g/mol. The predicted molar refractivity (Wildman–Crippen MR) is 119 cm³/mol. The maximum Gasteiger partial charge on any atom is 0.290 e. The smallest absolute Gasteiger partial charge is 0.290 e. The van der Waals surface area contributed by atoms with Crippen molar-refractivity contribution >= 4 is 27.1 Å². The molecule has 0 unspecified atom stereocenters.